The molecule has 0 aliphatic carbocycles. The second-order valence-corrected chi connectivity index (χ2v) is 58.7. The predicted octanol–water partition coefficient (Wildman–Crippen LogP) is 38.1. The molecule has 0 amide bonds. The summed E-state index contributed by atoms with van der Waals surface area (Å²) in [4.78, 5) is 5.70. The Morgan fingerprint density at radius 2 is 0.392 bits per heavy atom. The molecule has 4 nitrogen and oxygen atoms in total. The van der Waals surface area contributed by atoms with Gasteiger partial charge in [-0.05, 0) is 312 Å². The van der Waals surface area contributed by atoms with Crippen molar-refractivity contribution in [3.63, 3.8) is 0 Å². The third-order valence-corrected chi connectivity index (χ3v) is 31.7. The Hall–Kier alpha value is -10.9. The van der Waals surface area contributed by atoms with Crippen molar-refractivity contribution in [3.8, 4) is 55.9 Å². The molecule has 4 heterocycles. The Morgan fingerprint density at radius 3 is 0.636 bits per heavy atom. The van der Waals surface area contributed by atoms with Gasteiger partial charge in [0.05, 0.1) is 33.4 Å². The van der Waals surface area contributed by atoms with Crippen molar-refractivity contribution in [2.45, 2.75) is 393 Å². The zero-order valence-corrected chi connectivity index (χ0v) is 96.7. The molecule has 13 aromatic carbocycles. The van der Waals surface area contributed by atoms with Gasteiger partial charge >= 0.3 is 0 Å². The molecule has 0 bridgehead atoms. The molecular weight excluding hydrogens is 1720 g/mol. The Morgan fingerprint density at radius 1 is 0.168 bits per heavy atom. The van der Waals surface area contributed by atoms with E-state index in [4.69, 9.17) is 0 Å². The highest BCUT2D eigenvalue weighted by atomic mass is 15.2. The fourth-order valence-corrected chi connectivity index (χ4v) is 22.7. The number of hydrogen-bond donors (Lipinski definition) is 0. The molecule has 2 aliphatic heterocycles. The molecule has 5 heteroatoms. The van der Waals surface area contributed by atoms with Crippen LogP contribution in [-0.2, 0) is 81.2 Å². The highest BCUT2D eigenvalue weighted by Gasteiger charge is 2.48. The van der Waals surface area contributed by atoms with E-state index in [9.17, 15) is 0 Å². The molecule has 15 aromatic rings. The minimum Gasteiger partial charge on any atom is -0.311 e. The molecule has 2 aliphatic rings. The van der Waals surface area contributed by atoms with Gasteiger partial charge in [0.1, 0.15) is 0 Å². The van der Waals surface area contributed by atoms with Gasteiger partial charge in [0.15, 0.2) is 0 Å². The SMILES string of the molecule is CC(C)(C)c1cc2c3c(c1)N(c1cc(-c4c(C(C)(C)C)cc(C(C)(C)C)cc4C(C)(C)C)ccc1-c1ccc(C(C)(C)C)cc1C(C)(C)C)c1cc(-n4c5ccc(C(C)(C)C)cc5c5cc(C(C)(C)C)ccc54)ccc1B3c1ccc(-n3c4ccc(C(C)(C)C)cc4c4cc(C(C)(C)C)ccc43)cc1N2c1cc(-c2c(C(C)(C)C)cc(C(C)(C)C)cc2C(C)(C)C)ccc1-c1ccc(C(C)(C)C)cc1C(C)(C)C. The van der Waals surface area contributed by atoms with Gasteiger partial charge in [-0.1, -0.05) is 433 Å². The number of rotatable bonds is 8. The Bertz CT molecular complexity index is 6990. The largest absolute Gasteiger partial charge is 0.311 e. The first-order valence-electron chi connectivity index (χ1n) is 53.6. The first-order chi connectivity index (χ1) is 65.4. The van der Waals surface area contributed by atoms with Crippen molar-refractivity contribution in [1.82, 2.24) is 9.13 Å². The maximum Gasteiger partial charge on any atom is 0.252 e. The number of hydrogen-bond acceptors (Lipinski definition) is 2. The fraction of sp³-hybridized carbons (Fsp3) is 0.435. The van der Waals surface area contributed by atoms with Crippen molar-refractivity contribution in [1.29, 1.82) is 0 Å². The summed E-state index contributed by atoms with van der Waals surface area (Å²) in [5.74, 6) is 0. The number of fused-ring (bicyclic) bond motifs is 10. The summed E-state index contributed by atoms with van der Waals surface area (Å²) in [6.45, 7) is 108. The first-order valence-corrected chi connectivity index (χ1v) is 53.6. The van der Waals surface area contributed by atoms with E-state index in [0.717, 1.165) is 34.1 Å². The lowest BCUT2D eigenvalue weighted by atomic mass is 9.33. The van der Waals surface area contributed by atoms with Gasteiger partial charge in [-0.3, -0.25) is 0 Å². The molecule has 0 radical (unpaired) electrons. The van der Waals surface area contributed by atoms with Gasteiger partial charge in [0.2, 0.25) is 0 Å². The molecule has 0 unspecified atom stereocenters. The van der Waals surface area contributed by atoms with Crippen LogP contribution in [0, 0.1) is 0 Å². The zero-order chi connectivity index (χ0) is 105. The van der Waals surface area contributed by atoms with E-state index >= 15 is 0 Å². The second kappa shape index (κ2) is 33.8. The molecule has 0 saturated carbocycles. The van der Waals surface area contributed by atoms with Gasteiger partial charge in [-0.2, -0.15) is 0 Å². The summed E-state index contributed by atoms with van der Waals surface area (Å²) in [6.07, 6.45) is 0. The maximum absolute atomic E-state index is 2.85. The average molecular weight is 1900 g/mol. The molecule has 143 heavy (non-hydrogen) atoms. The van der Waals surface area contributed by atoms with E-state index in [-0.39, 0.29) is 82.5 Å². The van der Waals surface area contributed by atoms with Crippen LogP contribution in [-0.4, -0.2) is 15.8 Å². The Kier molecular flexibility index (Phi) is 24.5. The lowest BCUT2D eigenvalue weighted by Crippen LogP contribution is -2.61. The zero-order valence-electron chi connectivity index (χ0n) is 96.7. The number of aromatic nitrogens is 2. The first kappa shape index (κ1) is 104. The van der Waals surface area contributed by atoms with E-state index in [2.05, 4.69) is 549 Å². The van der Waals surface area contributed by atoms with Crippen molar-refractivity contribution in [2.24, 2.45) is 0 Å². The van der Waals surface area contributed by atoms with Crippen LogP contribution in [0.1, 0.15) is 395 Å². The Labute approximate surface area is 864 Å². The van der Waals surface area contributed by atoms with Gasteiger partial charge < -0.3 is 18.9 Å². The van der Waals surface area contributed by atoms with Gasteiger partial charge in [0.25, 0.3) is 6.71 Å². The van der Waals surface area contributed by atoms with E-state index in [1.165, 1.54) is 199 Å². The molecule has 0 spiro atoms. The van der Waals surface area contributed by atoms with Gasteiger partial charge in [-0.15, -0.1) is 0 Å². The summed E-state index contributed by atoms with van der Waals surface area (Å²) in [5, 5.41) is 5.06. The van der Waals surface area contributed by atoms with Crippen molar-refractivity contribution in [3.05, 3.63) is 302 Å². The van der Waals surface area contributed by atoms with Gasteiger partial charge in [0, 0.05) is 66.8 Å². The molecule has 0 N–H and O–H groups in total. The molecule has 2 aromatic heterocycles. The third kappa shape index (κ3) is 18.8. The van der Waals surface area contributed by atoms with Gasteiger partial charge in [-0.25, -0.2) is 0 Å². The smallest absolute Gasteiger partial charge is 0.252 e. The van der Waals surface area contributed by atoms with Crippen LogP contribution in [0.3, 0.4) is 0 Å². The lowest BCUT2D eigenvalue weighted by Gasteiger charge is -2.46. The predicted molar refractivity (Wildman–Crippen MR) is 631 cm³/mol. The summed E-state index contributed by atoms with van der Waals surface area (Å²) in [7, 11) is 0. The topological polar surface area (TPSA) is 16.3 Å². The number of anilines is 6. The van der Waals surface area contributed by atoms with Crippen LogP contribution in [0.5, 0.6) is 0 Å². The highest BCUT2D eigenvalue weighted by molar-refractivity contribution is 7.00. The molecule has 17 rings (SSSR count). The molecule has 0 saturated heterocycles. The monoisotopic (exact) mass is 1900 g/mol. The summed E-state index contributed by atoms with van der Waals surface area (Å²) < 4.78 is 5.25. The van der Waals surface area contributed by atoms with Crippen molar-refractivity contribution < 1.29 is 0 Å². The fourth-order valence-electron chi connectivity index (χ4n) is 22.7. The van der Waals surface area contributed by atoms with E-state index < -0.39 is 5.41 Å². The van der Waals surface area contributed by atoms with Crippen LogP contribution >= 0.6 is 0 Å². The van der Waals surface area contributed by atoms with E-state index in [0.29, 0.717) is 0 Å². The van der Waals surface area contributed by atoms with E-state index in [1.807, 2.05) is 0 Å². The van der Waals surface area contributed by atoms with Crippen LogP contribution < -0.4 is 26.2 Å². The van der Waals surface area contributed by atoms with Crippen molar-refractivity contribution in [2.75, 3.05) is 9.80 Å². The molecular formula is C138H171BN4. The minimum absolute atomic E-state index is 0.0966. The normalized spacial score (nSPS) is 14.3. The van der Waals surface area contributed by atoms with Crippen LogP contribution in [0.4, 0.5) is 34.1 Å². The summed E-state index contributed by atoms with van der Waals surface area (Å²) >= 11 is 0. The summed E-state index contributed by atoms with van der Waals surface area (Å²) in [6, 6.07) is 91.4. The quantitative estimate of drug-likeness (QED) is 0.141. The molecule has 0 atom stereocenters. The van der Waals surface area contributed by atoms with E-state index in [1.54, 1.807) is 0 Å². The Balaban J connectivity index is 1.13. The number of nitrogens with zero attached hydrogens (tertiary/aromatic N) is 4. The molecule has 746 valence electrons. The maximum atomic E-state index is 2.85. The second-order valence-electron chi connectivity index (χ2n) is 58.7. The van der Waals surface area contributed by atoms with Crippen LogP contribution in [0.15, 0.2) is 218 Å². The molecule has 0 fully saturated rings. The standard InChI is InChI=1S/C138H171BN4/c1-124(2,3)84-50-62-111-99(68-84)100-69-85(125(4,5)6)51-63-112(100)140(111)93-54-60-109-117(80-93)142(115-66-82(46-56-97(115)95-58-48-88(128(13,14)15)72-103(95)133(28,29)30)121-105(135(34,35)36)74-90(130(19,20)21)75-106(121)136(37,38)39)119-78-92(132(25,26)27)79-120-123(119)139(109)110-61-55-94(141-113-64-52-86(126(7,8)9)70-101(113)102-71-87(127(10,11)12)53-65-114(102)141)81-118(110)143(120)116-67-83(47-57-98(116)96-59-49-89(129(16,17)18)73-104(96)134(31,32)33)122-107(137(40,41)42)76-91(131(22,23)24)77-108(122)138(43,44)45/h46-81H,1-45H3. The van der Waals surface area contributed by atoms with Crippen molar-refractivity contribution >= 4 is 101 Å². The average Bonchev–Trinajstić information content (AvgIpc) is 1.44. The lowest BCUT2D eigenvalue weighted by molar-refractivity contribution is 0.550. The minimum atomic E-state index is -0.417. The third-order valence-electron chi connectivity index (χ3n) is 31.7. The summed E-state index contributed by atoms with van der Waals surface area (Å²) in [5.41, 5.74) is 44.5. The number of benzene rings is 13. The highest BCUT2D eigenvalue weighted by Crippen LogP contribution is 2.58. The van der Waals surface area contributed by atoms with Crippen LogP contribution in [0.2, 0.25) is 0 Å². The van der Waals surface area contributed by atoms with Crippen LogP contribution in [0.25, 0.3) is 99.5 Å².